The molecule has 1 aliphatic heterocycles. The van der Waals surface area contributed by atoms with E-state index in [1.807, 2.05) is 23.9 Å². The molecule has 0 radical (unpaired) electrons. The fourth-order valence-corrected chi connectivity index (χ4v) is 3.32. The van der Waals surface area contributed by atoms with Gasteiger partial charge in [0, 0.05) is 41.2 Å². The molecule has 2 nitrogen and oxygen atoms in total. The van der Waals surface area contributed by atoms with E-state index in [1.165, 1.54) is 30.2 Å². The SMILES string of the molecule is COc1cccc(Br)c1CN1CCSCC1. The maximum Gasteiger partial charge on any atom is 0.124 e. The number of benzene rings is 1. The van der Waals surface area contributed by atoms with Crippen LogP contribution in [0.25, 0.3) is 0 Å². The summed E-state index contributed by atoms with van der Waals surface area (Å²) in [5.74, 6) is 3.46. The third-order valence-corrected chi connectivity index (χ3v) is 4.47. The van der Waals surface area contributed by atoms with Gasteiger partial charge in [-0.25, -0.2) is 0 Å². The highest BCUT2D eigenvalue weighted by Crippen LogP contribution is 2.28. The highest BCUT2D eigenvalue weighted by molar-refractivity contribution is 9.10. The highest BCUT2D eigenvalue weighted by Gasteiger charge is 2.14. The van der Waals surface area contributed by atoms with E-state index in [-0.39, 0.29) is 0 Å². The summed E-state index contributed by atoms with van der Waals surface area (Å²) in [4.78, 5) is 2.49. The third-order valence-electron chi connectivity index (χ3n) is 2.78. The number of thioether (sulfide) groups is 1. The van der Waals surface area contributed by atoms with Crippen LogP contribution in [0, 0.1) is 0 Å². The van der Waals surface area contributed by atoms with Crippen LogP contribution in [-0.2, 0) is 6.54 Å². The summed E-state index contributed by atoms with van der Waals surface area (Å²) in [5.41, 5.74) is 1.26. The molecule has 1 heterocycles. The van der Waals surface area contributed by atoms with Crippen LogP contribution < -0.4 is 4.74 Å². The predicted molar refractivity (Wildman–Crippen MR) is 73.3 cm³/mol. The second-order valence-electron chi connectivity index (χ2n) is 3.81. The first-order valence-corrected chi connectivity index (χ1v) is 7.37. The van der Waals surface area contributed by atoms with Gasteiger partial charge in [0.15, 0.2) is 0 Å². The molecule has 0 aliphatic carbocycles. The van der Waals surface area contributed by atoms with Crippen molar-refractivity contribution >= 4 is 27.7 Å². The van der Waals surface area contributed by atoms with Gasteiger partial charge >= 0.3 is 0 Å². The minimum atomic E-state index is 0.977. The van der Waals surface area contributed by atoms with Crippen LogP contribution in [-0.4, -0.2) is 36.6 Å². The quantitative estimate of drug-likeness (QED) is 0.851. The van der Waals surface area contributed by atoms with E-state index in [1.54, 1.807) is 7.11 Å². The molecule has 2 rings (SSSR count). The Hall–Kier alpha value is -0.190. The zero-order valence-corrected chi connectivity index (χ0v) is 11.8. The van der Waals surface area contributed by atoms with E-state index in [0.29, 0.717) is 0 Å². The van der Waals surface area contributed by atoms with Gasteiger partial charge in [-0.05, 0) is 12.1 Å². The lowest BCUT2D eigenvalue weighted by molar-refractivity contribution is 0.287. The Morgan fingerprint density at radius 2 is 2.12 bits per heavy atom. The first-order chi connectivity index (χ1) is 7.81. The van der Waals surface area contributed by atoms with Crippen molar-refractivity contribution in [2.75, 3.05) is 31.7 Å². The second-order valence-corrected chi connectivity index (χ2v) is 5.89. The summed E-state index contributed by atoms with van der Waals surface area (Å²) in [6, 6.07) is 6.12. The zero-order chi connectivity index (χ0) is 11.4. The summed E-state index contributed by atoms with van der Waals surface area (Å²) in [7, 11) is 1.73. The number of nitrogens with zero attached hydrogens (tertiary/aromatic N) is 1. The van der Waals surface area contributed by atoms with Crippen LogP contribution in [0.15, 0.2) is 22.7 Å². The molecule has 1 aromatic rings. The second kappa shape index (κ2) is 5.94. The molecule has 0 atom stereocenters. The monoisotopic (exact) mass is 301 g/mol. The van der Waals surface area contributed by atoms with Crippen molar-refractivity contribution in [1.29, 1.82) is 0 Å². The van der Waals surface area contributed by atoms with E-state index in [4.69, 9.17) is 4.74 Å². The minimum Gasteiger partial charge on any atom is -0.496 e. The minimum absolute atomic E-state index is 0.977. The Morgan fingerprint density at radius 1 is 1.38 bits per heavy atom. The first-order valence-electron chi connectivity index (χ1n) is 5.42. The van der Waals surface area contributed by atoms with Gasteiger partial charge in [-0.1, -0.05) is 22.0 Å². The zero-order valence-electron chi connectivity index (χ0n) is 9.41. The lowest BCUT2D eigenvalue weighted by atomic mass is 10.2. The molecule has 1 aromatic carbocycles. The van der Waals surface area contributed by atoms with Crippen LogP contribution in [0.3, 0.4) is 0 Å². The van der Waals surface area contributed by atoms with Crippen molar-refractivity contribution < 1.29 is 4.74 Å². The topological polar surface area (TPSA) is 12.5 Å². The Balaban J connectivity index is 2.12. The molecule has 0 saturated carbocycles. The van der Waals surface area contributed by atoms with E-state index >= 15 is 0 Å². The smallest absolute Gasteiger partial charge is 0.124 e. The average Bonchev–Trinajstić information content (AvgIpc) is 2.33. The summed E-state index contributed by atoms with van der Waals surface area (Å²) >= 11 is 5.64. The van der Waals surface area contributed by atoms with E-state index in [9.17, 15) is 0 Å². The molecule has 1 fully saturated rings. The van der Waals surface area contributed by atoms with E-state index < -0.39 is 0 Å². The van der Waals surface area contributed by atoms with Gasteiger partial charge < -0.3 is 4.74 Å². The average molecular weight is 302 g/mol. The van der Waals surface area contributed by atoms with Crippen molar-refractivity contribution in [3.05, 3.63) is 28.2 Å². The van der Waals surface area contributed by atoms with Gasteiger partial charge in [-0.15, -0.1) is 0 Å². The summed E-state index contributed by atoms with van der Waals surface area (Å²) < 4.78 is 6.55. The van der Waals surface area contributed by atoms with Crippen LogP contribution in [0.1, 0.15) is 5.56 Å². The Labute approximate surface area is 109 Å². The summed E-state index contributed by atoms with van der Waals surface area (Å²) in [5, 5.41) is 0. The number of methoxy groups -OCH3 is 1. The van der Waals surface area contributed by atoms with Crippen LogP contribution >= 0.6 is 27.7 Å². The molecule has 16 heavy (non-hydrogen) atoms. The normalized spacial score (nSPS) is 17.4. The standard InChI is InChI=1S/C12H16BrNOS/c1-15-12-4-2-3-11(13)10(12)9-14-5-7-16-8-6-14/h2-4H,5-9H2,1H3. The molecule has 0 N–H and O–H groups in total. The number of ether oxygens (including phenoxy) is 1. The maximum absolute atomic E-state index is 5.41. The van der Waals surface area contributed by atoms with Gasteiger partial charge in [0.25, 0.3) is 0 Å². The van der Waals surface area contributed by atoms with Crippen LogP contribution in [0.5, 0.6) is 5.75 Å². The van der Waals surface area contributed by atoms with Crippen molar-refractivity contribution in [3.8, 4) is 5.75 Å². The number of hydrogen-bond donors (Lipinski definition) is 0. The fraction of sp³-hybridized carbons (Fsp3) is 0.500. The first kappa shape index (κ1) is 12.3. The molecule has 1 saturated heterocycles. The van der Waals surface area contributed by atoms with Gasteiger partial charge in [0.05, 0.1) is 7.11 Å². The van der Waals surface area contributed by atoms with Crippen molar-refractivity contribution in [1.82, 2.24) is 4.90 Å². The van der Waals surface area contributed by atoms with Gasteiger partial charge in [0.2, 0.25) is 0 Å². The molecule has 1 aliphatic rings. The van der Waals surface area contributed by atoms with Gasteiger partial charge in [-0.2, -0.15) is 11.8 Å². The molecule has 4 heteroatoms. The molecule has 0 bridgehead atoms. The fourth-order valence-electron chi connectivity index (χ4n) is 1.87. The molecular weight excluding hydrogens is 286 g/mol. The van der Waals surface area contributed by atoms with E-state index in [0.717, 1.165) is 16.8 Å². The molecular formula is C12H16BrNOS. The molecule has 0 unspecified atom stereocenters. The predicted octanol–water partition coefficient (Wildman–Crippen LogP) is 3.01. The third kappa shape index (κ3) is 2.93. The number of rotatable bonds is 3. The van der Waals surface area contributed by atoms with Crippen molar-refractivity contribution in [3.63, 3.8) is 0 Å². The Morgan fingerprint density at radius 3 is 2.81 bits per heavy atom. The van der Waals surface area contributed by atoms with Crippen molar-refractivity contribution in [2.24, 2.45) is 0 Å². The van der Waals surface area contributed by atoms with E-state index in [2.05, 4.69) is 26.9 Å². The number of halogens is 1. The lowest BCUT2D eigenvalue weighted by Crippen LogP contribution is -2.32. The summed E-state index contributed by atoms with van der Waals surface area (Å²) in [6.07, 6.45) is 0. The summed E-state index contributed by atoms with van der Waals surface area (Å²) in [6.45, 7) is 3.33. The van der Waals surface area contributed by atoms with Crippen LogP contribution in [0.4, 0.5) is 0 Å². The van der Waals surface area contributed by atoms with Crippen LogP contribution in [0.2, 0.25) is 0 Å². The van der Waals surface area contributed by atoms with Gasteiger partial charge in [0.1, 0.15) is 5.75 Å². The maximum atomic E-state index is 5.41. The molecule has 0 aromatic heterocycles. The largest absolute Gasteiger partial charge is 0.496 e. The van der Waals surface area contributed by atoms with Crippen molar-refractivity contribution in [2.45, 2.75) is 6.54 Å². The molecule has 88 valence electrons. The molecule has 0 spiro atoms. The lowest BCUT2D eigenvalue weighted by Gasteiger charge is -2.27. The Kier molecular flexibility index (Phi) is 4.55. The molecule has 0 amide bonds. The highest BCUT2D eigenvalue weighted by atomic mass is 79.9. The Bertz CT molecular complexity index is 353. The van der Waals surface area contributed by atoms with Gasteiger partial charge in [-0.3, -0.25) is 4.90 Å². The number of hydrogen-bond acceptors (Lipinski definition) is 3.